The first-order valence-electron chi connectivity index (χ1n) is 7.55. The fourth-order valence-corrected chi connectivity index (χ4v) is 4.55. The van der Waals surface area contributed by atoms with E-state index in [4.69, 9.17) is 0 Å². The van der Waals surface area contributed by atoms with Crippen molar-refractivity contribution in [2.45, 2.75) is 58.4 Å². The predicted octanol–water partition coefficient (Wildman–Crippen LogP) is 4.71. The summed E-state index contributed by atoms with van der Waals surface area (Å²) in [7, 11) is -1.12. The highest BCUT2D eigenvalue weighted by Crippen LogP contribution is 2.21. The molecular weight excluding hydrogens is 265 g/mol. The highest BCUT2D eigenvalue weighted by Gasteiger charge is 2.22. The van der Waals surface area contributed by atoms with E-state index in [0.29, 0.717) is 5.92 Å². The Hall–Kier alpha value is -0.673. The van der Waals surface area contributed by atoms with E-state index in [-0.39, 0.29) is 11.4 Å². The third kappa shape index (κ3) is 7.80. The quantitative estimate of drug-likeness (QED) is 0.749. The number of rotatable bonds is 6. The van der Waals surface area contributed by atoms with Crippen LogP contribution in [0, 0.1) is 11.7 Å². The molecule has 20 heavy (non-hydrogen) atoms. The summed E-state index contributed by atoms with van der Waals surface area (Å²) in [5.74, 6) is 0.459. The third-order valence-electron chi connectivity index (χ3n) is 3.24. The second-order valence-electron chi connectivity index (χ2n) is 8.10. The molecule has 0 bridgehead atoms. The molecule has 0 fully saturated rings. The van der Waals surface area contributed by atoms with Crippen molar-refractivity contribution in [1.82, 2.24) is 5.32 Å². The summed E-state index contributed by atoms with van der Waals surface area (Å²) >= 11 is 0. The lowest BCUT2D eigenvalue weighted by molar-refractivity contribution is 0.380. The number of nitrogens with one attached hydrogen (secondary N) is 1. The zero-order chi connectivity index (χ0) is 15.4. The summed E-state index contributed by atoms with van der Waals surface area (Å²) < 4.78 is 13.3. The van der Waals surface area contributed by atoms with Crippen molar-refractivity contribution < 1.29 is 4.39 Å². The molecule has 0 aromatic heterocycles. The van der Waals surface area contributed by atoms with Crippen molar-refractivity contribution in [2.24, 2.45) is 5.92 Å². The van der Waals surface area contributed by atoms with Gasteiger partial charge in [-0.1, -0.05) is 37.8 Å². The second-order valence-corrected chi connectivity index (χ2v) is 13.6. The van der Waals surface area contributed by atoms with Crippen LogP contribution in [0.2, 0.25) is 25.7 Å². The minimum Gasteiger partial charge on any atom is -0.312 e. The van der Waals surface area contributed by atoms with Crippen LogP contribution < -0.4 is 5.32 Å². The molecule has 0 heterocycles. The van der Waals surface area contributed by atoms with Crippen LogP contribution in [0.3, 0.4) is 0 Å². The Labute approximate surface area is 125 Å². The van der Waals surface area contributed by atoms with Crippen LogP contribution in [0.25, 0.3) is 0 Å². The van der Waals surface area contributed by atoms with Gasteiger partial charge < -0.3 is 5.32 Å². The van der Waals surface area contributed by atoms with Gasteiger partial charge in [-0.05, 0) is 57.4 Å². The minimum atomic E-state index is -1.12. The van der Waals surface area contributed by atoms with Gasteiger partial charge in [-0.25, -0.2) is 4.39 Å². The molecule has 1 atom stereocenters. The highest BCUT2D eigenvalue weighted by molar-refractivity contribution is 6.76. The van der Waals surface area contributed by atoms with Crippen molar-refractivity contribution in [3.05, 3.63) is 35.6 Å². The Morgan fingerprint density at radius 1 is 1.20 bits per heavy atom. The summed E-state index contributed by atoms with van der Waals surface area (Å²) in [6.45, 7) is 14.8. The van der Waals surface area contributed by atoms with Gasteiger partial charge in [0.25, 0.3) is 0 Å². The summed E-state index contributed by atoms with van der Waals surface area (Å²) in [6, 6.07) is 8.32. The molecule has 0 aliphatic rings. The molecule has 0 aliphatic heterocycles. The van der Waals surface area contributed by atoms with Gasteiger partial charge in [0.15, 0.2) is 0 Å². The Balaban J connectivity index is 2.71. The van der Waals surface area contributed by atoms with E-state index in [1.54, 1.807) is 6.07 Å². The lowest BCUT2D eigenvalue weighted by Crippen LogP contribution is -2.41. The zero-order valence-electron chi connectivity index (χ0n) is 13.9. The maximum Gasteiger partial charge on any atom is 0.123 e. The molecule has 114 valence electrons. The minimum absolute atomic E-state index is 0.127. The van der Waals surface area contributed by atoms with Crippen LogP contribution in [-0.2, 0) is 6.42 Å². The lowest BCUT2D eigenvalue weighted by atomic mass is 9.99. The molecule has 0 aliphatic carbocycles. The number of hydrogen-bond acceptors (Lipinski definition) is 1. The van der Waals surface area contributed by atoms with Crippen LogP contribution in [0.5, 0.6) is 0 Å². The van der Waals surface area contributed by atoms with Gasteiger partial charge in [0.2, 0.25) is 0 Å². The third-order valence-corrected chi connectivity index (χ3v) is 5.04. The largest absolute Gasteiger partial charge is 0.312 e. The SMILES string of the molecule is CC(C)(C)NCC(Cc1cccc(F)c1)C[Si](C)(C)C. The summed E-state index contributed by atoms with van der Waals surface area (Å²) in [5.41, 5.74) is 1.25. The fourth-order valence-electron chi connectivity index (χ4n) is 2.53. The Morgan fingerprint density at radius 3 is 2.35 bits per heavy atom. The van der Waals surface area contributed by atoms with E-state index < -0.39 is 8.07 Å². The van der Waals surface area contributed by atoms with E-state index in [9.17, 15) is 4.39 Å². The Kier molecular flexibility index (Phi) is 5.96. The summed E-state index contributed by atoms with van der Waals surface area (Å²) in [6.07, 6.45) is 0.963. The molecule has 1 aromatic carbocycles. The maximum absolute atomic E-state index is 13.3. The first-order chi connectivity index (χ1) is 9.05. The van der Waals surface area contributed by atoms with Crippen molar-refractivity contribution >= 4 is 8.07 Å². The second kappa shape index (κ2) is 6.86. The Bertz CT molecular complexity index is 418. The maximum atomic E-state index is 13.3. The molecule has 1 aromatic rings. The van der Waals surface area contributed by atoms with Crippen molar-refractivity contribution in [1.29, 1.82) is 0 Å². The molecule has 1 rings (SSSR count). The molecule has 0 radical (unpaired) electrons. The first-order valence-corrected chi connectivity index (χ1v) is 11.3. The van der Waals surface area contributed by atoms with E-state index in [2.05, 4.69) is 45.7 Å². The molecular formula is C17H30FNSi. The first kappa shape index (κ1) is 17.4. The molecule has 0 saturated heterocycles. The van der Waals surface area contributed by atoms with Gasteiger partial charge in [-0.3, -0.25) is 0 Å². The fraction of sp³-hybridized carbons (Fsp3) is 0.647. The topological polar surface area (TPSA) is 12.0 Å². The monoisotopic (exact) mass is 295 g/mol. The number of hydrogen-bond donors (Lipinski definition) is 1. The standard InChI is InChI=1S/C17H30FNSi/c1-17(2,3)19-12-15(13-20(4,5)6)10-14-8-7-9-16(18)11-14/h7-9,11,15,19H,10,12-13H2,1-6H3. The predicted molar refractivity (Wildman–Crippen MR) is 89.5 cm³/mol. The molecule has 3 heteroatoms. The number of halogens is 1. The van der Waals surface area contributed by atoms with Gasteiger partial charge in [-0.15, -0.1) is 0 Å². The van der Waals surface area contributed by atoms with Crippen molar-refractivity contribution in [2.75, 3.05) is 6.54 Å². The van der Waals surface area contributed by atoms with Gasteiger partial charge in [-0.2, -0.15) is 0 Å². The van der Waals surface area contributed by atoms with Gasteiger partial charge in [0, 0.05) is 13.6 Å². The Morgan fingerprint density at radius 2 is 1.85 bits per heavy atom. The molecule has 1 N–H and O–H groups in total. The lowest BCUT2D eigenvalue weighted by Gasteiger charge is -2.29. The molecule has 1 unspecified atom stereocenters. The summed E-state index contributed by atoms with van der Waals surface area (Å²) in [5, 5.41) is 3.61. The highest BCUT2D eigenvalue weighted by atomic mass is 28.3. The average Bonchev–Trinajstić information content (AvgIpc) is 2.23. The van der Waals surface area contributed by atoms with Gasteiger partial charge in [0.05, 0.1) is 0 Å². The van der Waals surface area contributed by atoms with Crippen molar-refractivity contribution in [3.63, 3.8) is 0 Å². The van der Waals surface area contributed by atoms with E-state index in [1.165, 1.54) is 12.1 Å². The summed E-state index contributed by atoms with van der Waals surface area (Å²) in [4.78, 5) is 0. The van der Waals surface area contributed by atoms with E-state index in [1.807, 2.05) is 12.1 Å². The van der Waals surface area contributed by atoms with Crippen LogP contribution in [0.1, 0.15) is 26.3 Å². The molecule has 1 nitrogen and oxygen atoms in total. The molecule has 0 spiro atoms. The van der Waals surface area contributed by atoms with Crippen molar-refractivity contribution in [3.8, 4) is 0 Å². The molecule has 0 saturated carbocycles. The van der Waals surface area contributed by atoms with Gasteiger partial charge in [0.1, 0.15) is 5.82 Å². The molecule has 0 amide bonds. The number of benzene rings is 1. The smallest absolute Gasteiger partial charge is 0.123 e. The van der Waals surface area contributed by atoms with E-state index >= 15 is 0 Å². The van der Waals surface area contributed by atoms with Crippen LogP contribution >= 0.6 is 0 Å². The van der Waals surface area contributed by atoms with Crippen LogP contribution in [0.15, 0.2) is 24.3 Å². The van der Waals surface area contributed by atoms with Crippen LogP contribution in [-0.4, -0.2) is 20.2 Å². The van der Waals surface area contributed by atoms with E-state index in [0.717, 1.165) is 18.5 Å². The zero-order valence-corrected chi connectivity index (χ0v) is 14.9. The normalized spacial score (nSPS) is 14.3. The van der Waals surface area contributed by atoms with Crippen LogP contribution in [0.4, 0.5) is 4.39 Å². The van der Waals surface area contributed by atoms with Gasteiger partial charge >= 0.3 is 0 Å². The average molecular weight is 296 g/mol.